The van der Waals surface area contributed by atoms with Crippen LogP contribution < -0.4 is 4.90 Å². The van der Waals surface area contributed by atoms with Gasteiger partial charge in [-0.05, 0) is 17.7 Å². The van der Waals surface area contributed by atoms with Gasteiger partial charge in [0, 0.05) is 25.1 Å². The van der Waals surface area contributed by atoms with Crippen molar-refractivity contribution >= 4 is 27.7 Å². The molecule has 0 aliphatic heterocycles. The zero-order valence-corrected chi connectivity index (χ0v) is 9.58. The van der Waals surface area contributed by atoms with Crippen molar-refractivity contribution in [3.05, 3.63) is 35.9 Å². The first-order valence-electron chi connectivity index (χ1n) is 4.24. The summed E-state index contributed by atoms with van der Waals surface area (Å²) in [4.78, 5) is 2.10. The molecule has 1 rings (SSSR count). The molecule has 0 fully saturated rings. The summed E-state index contributed by atoms with van der Waals surface area (Å²) in [5.41, 5.74) is 2.47. The van der Waals surface area contributed by atoms with Crippen molar-refractivity contribution < 1.29 is 0 Å². The minimum Gasteiger partial charge on any atom is -0.378 e. The second-order valence-corrected chi connectivity index (χ2v) is 3.69. The Kier molecular flexibility index (Phi) is 4.03. The molecule has 0 radical (unpaired) electrons. The predicted octanol–water partition coefficient (Wildman–Crippen LogP) is 3.16. The summed E-state index contributed by atoms with van der Waals surface area (Å²) in [6.45, 7) is 0. The van der Waals surface area contributed by atoms with E-state index in [1.807, 2.05) is 14.1 Å². The molecule has 1 aromatic carbocycles. The van der Waals surface area contributed by atoms with Crippen molar-refractivity contribution in [3.8, 4) is 0 Å². The largest absolute Gasteiger partial charge is 0.378 e. The van der Waals surface area contributed by atoms with Crippen LogP contribution >= 0.6 is 15.9 Å². The summed E-state index contributed by atoms with van der Waals surface area (Å²) in [6.07, 6.45) is 4.20. The number of benzene rings is 1. The van der Waals surface area contributed by atoms with Crippen molar-refractivity contribution in [3.63, 3.8) is 0 Å². The quantitative estimate of drug-likeness (QED) is 0.733. The van der Waals surface area contributed by atoms with Crippen molar-refractivity contribution in [2.75, 3.05) is 24.3 Å². The van der Waals surface area contributed by atoms with Gasteiger partial charge >= 0.3 is 0 Å². The normalized spacial score (nSPS) is 10.7. The summed E-state index contributed by atoms with van der Waals surface area (Å²) in [7, 11) is 4.10. The van der Waals surface area contributed by atoms with E-state index in [4.69, 9.17) is 0 Å². The third-order valence-electron chi connectivity index (χ3n) is 1.79. The van der Waals surface area contributed by atoms with Crippen LogP contribution in [0.5, 0.6) is 0 Å². The molecule has 1 aromatic rings. The molecule has 0 spiro atoms. The fraction of sp³-hybridized carbons (Fsp3) is 0.273. The Morgan fingerprint density at radius 3 is 2.77 bits per heavy atom. The zero-order valence-electron chi connectivity index (χ0n) is 8.00. The van der Waals surface area contributed by atoms with Crippen LogP contribution in [-0.4, -0.2) is 19.4 Å². The van der Waals surface area contributed by atoms with Crippen LogP contribution in [0.25, 0.3) is 6.08 Å². The van der Waals surface area contributed by atoms with Crippen LogP contribution in [0.2, 0.25) is 0 Å². The molecular formula is C11H14BrN. The Labute approximate surface area is 88.2 Å². The molecular weight excluding hydrogens is 226 g/mol. The summed E-state index contributed by atoms with van der Waals surface area (Å²) in [6, 6.07) is 8.44. The lowest BCUT2D eigenvalue weighted by atomic mass is 10.2. The van der Waals surface area contributed by atoms with Crippen LogP contribution in [0.3, 0.4) is 0 Å². The fourth-order valence-corrected chi connectivity index (χ4v) is 1.27. The molecule has 0 aromatic heterocycles. The maximum Gasteiger partial charge on any atom is 0.0367 e. The standard InChI is InChI=1S/C11H14BrN/c1-13(2)11-7-3-5-10(9-11)6-4-8-12/h3-7,9H,8H2,1-2H3. The second-order valence-electron chi connectivity index (χ2n) is 3.05. The van der Waals surface area contributed by atoms with Gasteiger partial charge in [-0.25, -0.2) is 0 Å². The number of anilines is 1. The van der Waals surface area contributed by atoms with Crippen molar-refractivity contribution in [2.24, 2.45) is 0 Å². The molecule has 13 heavy (non-hydrogen) atoms. The van der Waals surface area contributed by atoms with Crippen LogP contribution in [0, 0.1) is 0 Å². The van der Waals surface area contributed by atoms with Crippen molar-refractivity contribution in [1.82, 2.24) is 0 Å². The zero-order chi connectivity index (χ0) is 9.68. The highest BCUT2D eigenvalue weighted by Gasteiger charge is 1.93. The average molecular weight is 240 g/mol. The first kappa shape index (κ1) is 10.3. The van der Waals surface area contributed by atoms with Gasteiger partial charge in [0.1, 0.15) is 0 Å². The van der Waals surface area contributed by atoms with E-state index < -0.39 is 0 Å². The Bertz CT molecular complexity index is 292. The van der Waals surface area contributed by atoms with Crippen LogP contribution in [0.15, 0.2) is 30.3 Å². The van der Waals surface area contributed by atoms with E-state index in [0.29, 0.717) is 0 Å². The summed E-state index contributed by atoms with van der Waals surface area (Å²) >= 11 is 3.36. The third-order valence-corrected chi connectivity index (χ3v) is 2.16. The van der Waals surface area contributed by atoms with Gasteiger partial charge in [0.15, 0.2) is 0 Å². The Hall–Kier alpha value is -0.760. The Morgan fingerprint density at radius 2 is 2.15 bits per heavy atom. The molecule has 0 aliphatic carbocycles. The number of rotatable bonds is 3. The molecule has 2 heteroatoms. The third kappa shape index (κ3) is 3.23. The number of halogens is 1. The topological polar surface area (TPSA) is 3.24 Å². The van der Waals surface area contributed by atoms with Gasteiger partial charge in [-0.1, -0.05) is 40.2 Å². The number of hydrogen-bond acceptors (Lipinski definition) is 1. The Balaban J connectivity index is 2.85. The molecule has 0 bridgehead atoms. The maximum atomic E-state index is 3.36. The first-order valence-corrected chi connectivity index (χ1v) is 5.36. The molecule has 0 amide bonds. The molecule has 1 nitrogen and oxygen atoms in total. The van der Waals surface area contributed by atoms with E-state index in [9.17, 15) is 0 Å². The average Bonchev–Trinajstić information content (AvgIpc) is 2.15. The second kappa shape index (κ2) is 5.07. The molecule has 0 atom stereocenters. The summed E-state index contributed by atoms with van der Waals surface area (Å²) < 4.78 is 0. The van der Waals surface area contributed by atoms with Crippen LogP contribution in [0.4, 0.5) is 5.69 Å². The van der Waals surface area contributed by atoms with Crippen molar-refractivity contribution in [2.45, 2.75) is 0 Å². The van der Waals surface area contributed by atoms with E-state index in [2.05, 4.69) is 57.2 Å². The number of alkyl halides is 1. The van der Waals surface area contributed by atoms with E-state index >= 15 is 0 Å². The van der Waals surface area contributed by atoms with Gasteiger partial charge in [-0.3, -0.25) is 0 Å². The van der Waals surface area contributed by atoms with E-state index in [1.54, 1.807) is 0 Å². The molecule has 0 unspecified atom stereocenters. The molecule has 70 valence electrons. The minimum atomic E-state index is 0.902. The van der Waals surface area contributed by atoms with Gasteiger partial charge in [-0.15, -0.1) is 0 Å². The smallest absolute Gasteiger partial charge is 0.0367 e. The van der Waals surface area contributed by atoms with Gasteiger partial charge in [0.05, 0.1) is 0 Å². The molecule has 0 aliphatic rings. The molecule has 0 N–H and O–H groups in total. The van der Waals surface area contributed by atoms with E-state index in [0.717, 1.165) is 5.33 Å². The van der Waals surface area contributed by atoms with Gasteiger partial charge < -0.3 is 4.90 Å². The van der Waals surface area contributed by atoms with Crippen LogP contribution in [-0.2, 0) is 0 Å². The lowest BCUT2D eigenvalue weighted by Gasteiger charge is -2.12. The number of allylic oxidation sites excluding steroid dienone is 1. The van der Waals surface area contributed by atoms with Gasteiger partial charge in [-0.2, -0.15) is 0 Å². The maximum absolute atomic E-state index is 3.36. The van der Waals surface area contributed by atoms with Gasteiger partial charge in [0.2, 0.25) is 0 Å². The molecule has 0 heterocycles. The highest BCUT2D eigenvalue weighted by Crippen LogP contribution is 2.14. The summed E-state index contributed by atoms with van der Waals surface area (Å²) in [5, 5.41) is 0.902. The van der Waals surface area contributed by atoms with Gasteiger partial charge in [0.25, 0.3) is 0 Å². The monoisotopic (exact) mass is 239 g/mol. The molecule has 0 saturated heterocycles. The van der Waals surface area contributed by atoms with E-state index in [1.165, 1.54) is 11.3 Å². The molecule has 0 saturated carbocycles. The highest BCUT2D eigenvalue weighted by atomic mass is 79.9. The number of nitrogens with zero attached hydrogens (tertiary/aromatic N) is 1. The van der Waals surface area contributed by atoms with E-state index in [-0.39, 0.29) is 0 Å². The number of hydrogen-bond donors (Lipinski definition) is 0. The predicted molar refractivity (Wildman–Crippen MR) is 63.6 cm³/mol. The lowest BCUT2D eigenvalue weighted by Crippen LogP contribution is -2.08. The minimum absolute atomic E-state index is 0.902. The highest BCUT2D eigenvalue weighted by molar-refractivity contribution is 9.09. The SMILES string of the molecule is CN(C)c1cccc(C=CCBr)c1. The summed E-state index contributed by atoms with van der Waals surface area (Å²) in [5.74, 6) is 0. The Morgan fingerprint density at radius 1 is 1.38 bits per heavy atom. The lowest BCUT2D eigenvalue weighted by molar-refractivity contribution is 1.13. The first-order chi connectivity index (χ1) is 6.24. The van der Waals surface area contributed by atoms with Crippen LogP contribution in [0.1, 0.15) is 5.56 Å². The fourth-order valence-electron chi connectivity index (χ4n) is 1.09. The van der Waals surface area contributed by atoms with Crippen molar-refractivity contribution in [1.29, 1.82) is 0 Å².